The smallest absolute Gasteiger partial charge is 0.411 e. The molecule has 1 aromatic carbocycles. The molecule has 0 unspecified atom stereocenters. The van der Waals surface area contributed by atoms with E-state index in [1.165, 1.54) is 11.0 Å². The zero-order valence-corrected chi connectivity index (χ0v) is 16.4. The number of carbonyl (C=O) groups excluding carboxylic acids is 2. The van der Waals surface area contributed by atoms with E-state index in [1.54, 1.807) is 6.92 Å². The molecule has 27 heavy (non-hydrogen) atoms. The van der Waals surface area contributed by atoms with E-state index in [9.17, 15) is 14.7 Å². The van der Waals surface area contributed by atoms with Gasteiger partial charge >= 0.3 is 12.1 Å². The molecule has 0 aliphatic carbocycles. The van der Waals surface area contributed by atoms with Gasteiger partial charge in [0.1, 0.15) is 12.6 Å². The molecule has 1 amide bonds. The maximum Gasteiger partial charge on any atom is 0.411 e. The van der Waals surface area contributed by atoms with Gasteiger partial charge in [0.05, 0.1) is 18.8 Å². The molecule has 1 aliphatic rings. The average Bonchev–Trinajstić information content (AvgIpc) is 2.94. The molecule has 1 aliphatic heterocycles. The Balaban J connectivity index is 2.57. The van der Waals surface area contributed by atoms with Crippen molar-refractivity contribution in [3.8, 4) is 0 Å². The zero-order valence-electron chi connectivity index (χ0n) is 16.4. The van der Waals surface area contributed by atoms with Crippen molar-refractivity contribution in [1.82, 2.24) is 4.90 Å². The first kappa shape index (κ1) is 21.0. The first-order valence-electron chi connectivity index (χ1n) is 9.19. The van der Waals surface area contributed by atoms with Gasteiger partial charge in [-0.05, 0) is 17.9 Å². The maximum absolute atomic E-state index is 12.9. The highest BCUT2D eigenvalue weighted by molar-refractivity contribution is 5.83. The van der Waals surface area contributed by atoms with Gasteiger partial charge in [0.2, 0.25) is 0 Å². The number of carbonyl (C=O) groups is 2. The molecule has 1 aromatic rings. The van der Waals surface area contributed by atoms with E-state index in [2.05, 4.69) is 6.58 Å². The van der Waals surface area contributed by atoms with E-state index >= 15 is 0 Å². The molecule has 0 saturated carbocycles. The SMILES string of the molecule is C=CCOC(=O)N1[C@H](C(=O)OCC)[C@@H](C(C)(C)C)[C@@H](O)[C@@H]1c1ccccc1. The number of amides is 1. The van der Waals surface area contributed by atoms with Crippen molar-refractivity contribution in [3.63, 3.8) is 0 Å². The first-order valence-corrected chi connectivity index (χ1v) is 9.19. The lowest BCUT2D eigenvalue weighted by atomic mass is 9.74. The van der Waals surface area contributed by atoms with E-state index in [0.717, 1.165) is 5.56 Å². The molecule has 1 fully saturated rings. The van der Waals surface area contributed by atoms with Gasteiger partial charge in [-0.25, -0.2) is 9.59 Å². The second-order valence-electron chi connectivity index (χ2n) is 7.71. The maximum atomic E-state index is 12.9. The van der Waals surface area contributed by atoms with Gasteiger partial charge in [-0.15, -0.1) is 0 Å². The van der Waals surface area contributed by atoms with E-state index in [4.69, 9.17) is 9.47 Å². The summed E-state index contributed by atoms with van der Waals surface area (Å²) in [5, 5.41) is 11.2. The molecule has 1 saturated heterocycles. The summed E-state index contributed by atoms with van der Waals surface area (Å²) in [6.45, 7) is 11.3. The van der Waals surface area contributed by atoms with Gasteiger partial charge < -0.3 is 14.6 Å². The quantitative estimate of drug-likeness (QED) is 0.631. The standard InChI is InChI=1S/C21H29NO5/c1-6-13-27-20(25)22-16(14-11-9-8-10-12-14)18(23)15(21(3,4)5)17(22)19(24)26-7-2/h6,8-12,15-18,23H,1,7,13H2,2-5H3/t15-,16+,17+,18-/m1/s1. The fourth-order valence-electron chi connectivity index (χ4n) is 3.81. The van der Waals surface area contributed by atoms with Crippen molar-refractivity contribution < 1.29 is 24.2 Å². The van der Waals surface area contributed by atoms with Gasteiger partial charge in [-0.2, -0.15) is 0 Å². The molecule has 0 spiro atoms. The Morgan fingerprint density at radius 2 is 1.85 bits per heavy atom. The number of benzene rings is 1. The number of likely N-dealkylation sites (tertiary alicyclic amines) is 1. The Morgan fingerprint density at radius 3 is 2.37 bits per heavy atom. The average molecular weight is 375 g/mol. The van der Waals surface area contributed by atoms with Crippen LogP contribution in [0, 0.1) is 11.3 Å². The monoisotopic (exact) mass is 375 g/mol. The Hall–Kier alpha value is -2.34. The van der Waals surface area contributed by atoms with Crippen LogP contribution in [0.5, 0.6) is 0 Å². The van der Waals surface area contributed by atoms with Crippen molar-refractivity contribution in [1.29, 1.82) is 0 Å². The lowest BCUT2D eigenvalue weighted by molar-refractivity contribution is -0.151. The lowest BCUT2D eigenvalue weighted by Gasteiger charge is -2.34. The zero-order chi connectivity index (χ0) is 20.2. The van der Waals surface area contributed by atoms with Crippen LogP contribution in [0.15, 0.2) is 43.0 Å². The Morgan fingerprint density at radius 1 is 1.22 bits per heavy atom. The van der Waals surface area contributed by atoms with Gasteiger partial charge in [0.25, 0.3) is 0 Å². The third kappa shape index (κ3) is 4.33. The number of ether oxygens (including phenoxy) is 2. The summed E-state index contributed by atoms with van der Waals surface area (Å²) in [5.41, 5.74) is 0.291. The number of hydrogen-bond acceptors (Lipinski definition) is 5. The van der Waals surface area contributed by atoms with E-state index < -0.39 is 41.6 Å². The third-order valence-electron chi connectivity index (χ3n) is 4.84. The predicted molar refractivity (Wildman–Crippen MR) is 102 cm³/mol. The summed E-state index contributed by atoms with van der Waals surface area (Å²) in [5.74, 6) is -1.05. The molecule has 4 atom stereocenters. The van der Waals surface area contributed by atoms with Gasteiger partial charge in [0.15, 0.2) is 0 Å². The fraction of sp³-hybridized carbons (Fsp3) is 0.524. The van der Waals surface area contributed by atoms with Crippen LogP contribution < -0.4 is 0 Å². The molecule has 2 rings (SSSR count). The minimum Gasteiger partial charge on any atom is -0.464 e. The second-order valence-corrected chi connectivity index (χ2v) is 7.71. The summed E-state index contributed by atoms with van der Waals surface area (Å²) in [6.07, 6.45) is -0.159. The molecular formula is C21H29NO5. The predicted octanol–water partition coefficient (Wildman–Crippen LogP) is 3.32. The van der Waals surface area contributed by atoms with Crippen molar-refractivity contribution in [3.05, 3.63) is 48.6 Å². The van der Waals surface area contributed by atoms with Crippen LogP contribution in [0.25, 0.3) is 0 Å². The minimum atomic E-state index is -0.946. The summed E-state index contributed by atoms with van der Waals surface area (Å²) in [4.78, 5) is 27.0. The minimum absolute atomic E-state index is 0.0165. The van der Waals surface area contributed by atoms with E-state index in [1.807, 2.05) is 51.1 Å². The fourth-order valence-corrected chi connectivity index (χ4v) is 3.81. The number of hydrogen-bond donors (Lipinski definition) is 1. The Labute approximate surface area is 160 Å². The van der Waals surface area contributed by atoms with Crippen LogP contribution in [-0.4, -0.2) is 47.4 Å². The molecule has 0 bridgehead atoms. The van der Waals surface area contributed by atoms with Crippen LogP contribution in [0.3, 0.4) is 0 Å². The van der Waals surface area contributed by atoms with E-state index in [0.29, 0.717) is 0 Å². The van der Waals surface area contributed by atoms with Crippen LogP contribution in [0.4, 0.5) is 4.79 Å². The second kappa shape index (κ2) is 8.57. The Bertz CT molecular complexity index is 667. The van der Waals surface area contributed by atoms with Gasteiger partial charge in [-0.3, -0.25) is 4.90 Å². The highest BCUT2D eigenvalue weighted by Crippen LogP contribution is 2.48. The molecular weight excluding hydrogens is 346 g/mol. The Kier molecular flexibility index (Phi) is 6.65. The molecule has 6 heteroatoms. The third-order valence-corrected chi connectivity index (χ3v) is 4.84. The summed E-state index contributed by atoms with van der Waals surface area (Å²) in [7, 11) is 0. The summed E-state index contributed by atoms with van der Waals surface area (Å²) < 4.78 is 10.5. The van der Waals surface area contributed by atoms with Gasteiger partial charge in [-0.1, -0.05) is 63.8 Å². The molecule has 0 aromatic heterocycles. The topological polar surface area (TPSA) is 76.1 Å². The summed E-state index contributed by atoms with van der Waals surface area (Å²) >= 11 is 0. The number of aliphatic hydroxyl groups excluding tert-OH is 1. The molecule has 0 radical (unpaired) electrons. The lowest BCUT2D eigenvalue weighted by Crippen LogP contribution is -2.48. The first-order chi connectivity index (χ1) is 12.7. The van der Waals surface area contributed by atoms with Crippen LogP contribution in [0.1, 0.15) is 39.3 Å². The van der Waals surface area contributed by atoms with Crippen LogP contribution in [-0.2, 0) is 14.3 Å². The van der Waals surface area contributed by atoms with Crippen molar-refractivity contribution >= 4 is 12.1 Å². The van der Waals surface area contributed by atoms with Crippen molar-refractivity contribution in [2.24, 2.45) is 11.3 Å². The largest absolute Gasteiger partial charge is 0.464 e. The van der Waals surface area contributed by atoms with Crippen molar-refractivity contribution in [2.45, 2.75) is 45.9 Å². The number of aliphatic hydroxyl groups is 1. The molecule has 1 N–H and O–H groups in total. The highest BCUT2D eigenvalue weighted by atomic mass is 16.6. The number of esters is 1. The van der Waals surface area contributed by atoms with E-state index in [-0.39, 0.29) is 13.2 Å². The number of nitrogens with zero attached hydrogens (tertiary/aromatic N) is 1. The summed E-state index contributed by atoms with van der Waals surface area (Å²) in [6, 6.07) is 7.53. The molecule has 148 valence electrons. The van der Waals surface area contributed by atoms with Crippen LogP contribution >= 0.6 is 0 Å². The van der Waals surface area contributed by atoms with Crippen LogP contribution in [0.2, 0.25) is 0 Å². The van der Waals surface area contributed by atoms with Gasteiger partial charge in [0, 0.05) is 5.92 Å². The highest BCUT2D eigenvalue weighted by Gasteiger charge is 2.58. The normalized spacial score (nSPS) is 25.1. The molecule has 1 heterocycles. The molecule has 6 nitrogen and oxygen atoms in total. The number of rotatable bonds is 5. The van der Waals surface area contributed by atoms with Crippen molar-refractivity contribution in [2.75, 3.05) is 13.2 Å².